The Labute approximate surface area is 162 Å². The molecule has 0 spiro atoms. The minimum Gasteiger partial charge on any atom is -0.364 e. The Balaban J connectivity index is 1.79. The molecule has 1 saturated heterocycles. The summed E-state index contributed by atoms with van der Waals surface area (Å²) in [6.07, 6.45) is 6.27. The Morgan fingerprint density at radius 1 is 1.22 bits per heavy atom. The number of nitrogens with zero attached hydrogens (tertiary/aromatic N) is 2. The SMILES string of the molecule is Cc1c(C#N)c(NC(=O)C[NH+]2C[C@@H](C)O[C@H](C)C2)n(C2CCCCC2)c1C. The Morgan fingerprint density at radius 2 is 1.85 bits per heavy atom. The van der Waals surface area contributed by atoms with E-state index in [9.17, 15) is 10.1 Å². The second-order valence-electron chi connectivity index (χ2n) is 8.35. The second-order valence-corrected chi connectivity index (χ2v) is 8.35. The van der Waals surface area contributed by atoms with E-state index < -0.39 is 0 Å². The lowest BCUT2D eigenvalue weighted by Crippen LogP contribution is -3.16. The molecule has 1 saturated carbocycles. The first-order valence-electron chi connectivity index (χ1n) is 10.3. The number of amides is 1. The Morgan fingerprint density at radius 3 is 2.44 bits per heavy atom. The van der Waals surface area contributed by atoms with Gasteiger partial charge >= 0.3 is 0 Å². The summed E-state index contributed by atoms with van der Waals surface area (Å²) in [6, 6.07) is 2.71. The standard InChI is InChI=1S/C21H32N4O2/c1-14-11-24(12-15(2)27-14)13-20(26)23-21-19(10-22)16(3)17(4)25(21)18-8-6-5-7-9-18/h14-15,18H,5-9,11-13H2,1-4H3,(H,23,26)/p+1/t14-,15-/m1/s1. The van der Waals surface area contributed by atoms with Gasteiger partial charge in [-0.1, -0.05) is 19.3 Å². The number of hydrogen-bond acceptors (Lipinski definition) is 3. The topological polar surface area (TPSA) is 71.5 Å². The van der Waals surface area contributed by atoms with Gasteiger partial charge in [0, 0.05) is 11.7 Å². The van der Waals surface area contributed by atoms with Crippen molar-refractivity contribution >= 4 is 11.7 Å². The molecule has 1 aliphatic heterocycles. The zero-order valence-electron chi connectivity index (χ0n) is 17.1. The summed E-state index contributed by atoms with van der Waals surface area (Å²) in [4.78, 5) is 14.1. The summed E-state index contributed by atoms with van der Waals surface area (Å²) >= 11 is 0. The first-order valence-corrected chi connectivity index (χ1v) is 10.3. The van der Waals surface area contributed by atoms with Gasteiger partial charge in [-0.3, -0.25) is 4.79 Å². The summed E-state index contributed by atoms with van der Waals surface area (Å²) in [5, 5.41) is 12.8. The maximum absolute atomic E-state index is 12.8. The molecule has 0 bridgehead atoms. The van der Waals surface area contributed by atoms with Crippen LogP contribution in [0.25, 0.3) is 0 Å². The van der Waals surface area contributed by atoms with Crippen molar-refractivity contribution in [2.24, 2.45) is 0 Å². The number of carbonyl (C=O) groups is 1. The molecule has 6 nitrogen and oxygen atoms in total. The average molecular weight is 374 g/mol. The van der Waals surface area contributed by atoms with Crippen LogP contribution < -0.4 is 10.2 Å². The first-order chi connectivity index (χ1) is 12.9. The second kappa shape index (κ2) is 8.45. The third-order valence-electron chi connectivity index (χ3n) is 6.09. The van der Waals surface area contributed by atoms with Gasteiger partial charge in [0.15, 0.2) is 6.54 Å². The van der Waals surface area contributed by atoms with Crippen LogP contribution in [0.15, 0.2) is 0 Å². The molecule has 0 radical (unpaired) electrons. The van der Waals surface area contributed by atoms with E-state index in [1.54, 1.807) is 0 Å². The van der Waals surface area contributed by atoms with Gasteiger partial charge in [-0.05, 0) is 46.1 Å². The van der Waals surface area contributed by atoms with E-state index >= 15 is 0 Å². The van der Waals surface area contributed by atoms with Crippen LogP contribution in [0.2, 0.25) is 0 Å². The third kappa shape index (κ3) is 4.36. The maximum Gasteiger partial charge on any atom is 0.280 e. The molecule has 27 heavy (non-hydrogen) atoms. The van der Waals surface area contributed by atoms with E-state index in [4.69, 9.17) is 4.74 Å². The van der Waals surface area contributed by atoms with Gasteiger partial charge in [-0.2, -0.15) is 5.26 Å². The number of hydrogen-bond donors (Lipinski definition) is 2. The van der Waals surface area contributed by atoms with Crippen LogP contribution in [0.1, 0.15) is 68.8 Å². The lowest BCUT2D eigenvalue weighted by molar-refractivity contribution is -0.907. The first kappa shape index (κ1) is 19.9. The van der Waals surface area contributed by atoms with Crippen LogP contribution in [0.3, 0.4) is 0 Å². The van der Waals surface area contributed by atoms with Crippen LogP contribution in [-0.2, 0) is 9.53 Å². The van der Waals surface area contributed by atoms with Gasteiger partial charge in [0.05, 0.1) is 5.56 Å². The molecule has 148 valence electrons. The molecular weight excluding hydrogens is 340 g/mol. The lowest BCUT2D eigenvalue weighted by atomic mass is 9.95. The smallest absolute Gasteiger partial charge is 0.280 e. The highest BCUT2D eigenvalue weighted by molar-refractivity contribution is 5.92. The quantitative estimate of drug-likeness (QED) is 0.849. The van der Waals surface area contributed by atoms with E-state index in [2.05, 4.69) is 36.7 Å². The molecule has 3 rings (SSSR count). The Hall–Kier alpha value is -1.84. The highest BCUT2D eigenvalue weighted by Crippen LogP contribution is 2.36. The number of nitrogens with one attached hydrogen (secondary N) is 2. The van der Waals surface area contributed by atoms with Crippen molar-refractivity contribution in [3.05, 3.63) is 16.8 Å². The molecule has 1 aromatic rings. The lowest BCUT2D eigenvalue weighted by Gasteiger charge is -2.32. The van der Waals surface area contributed by atoms with Crippen LogP contribution >= 0.6 is 0 Å². The molecule has 2 atom stereocenters. The van der Waals surface area contributed by atoms with Gasteiger partial charge in [-0.25, -0.2) is 0 Å². The molecular formula is C21H33N4O2+. The summed E-state index contributed by atoms with van der Waals surface area (Å²) in [7, 11) is 0. The number of carbonyl (C=O) groups excluding carboxylic acids is 1. The van der Waals surface area contributed by atoms with Gasteiger partial charge in [0.2, 0.25) is 0 Å². The molecule has 1 aliphatic carbocycles. The van der Waals surface area contributed by atoms with Crippen molar-refractivity contribution in [3.63, 3.8) is 0 Å². The summed E-state index contributed by atoms with van der Waals surface area (Å²) in [5.41, 5.74) is 2.71. The maximum atomic E-state index is 12.8. The molecule has 2 fully saturated rings. The fraction of sp³-hybridized carbons (Fsp3) is 0.714. The van der Waals surface area contributed by atoms with Crippen molar-refractivity contribution in [2.45, 2.75) is 78.0 Å². The number of nitriles is 1. The number of quaternary nitrogens is 1. The van der Waals surface area contributed by atoms with Gasteiger partial charge in [-0.15, -0.1) is 0 Å². The van der Waals surface area contributed by atoms with E-state index in [-0.39, 0.29) is 18.1 Å². The minimum absolute atomic E-state index is 0.0163. The van der Waals surface area contributed by atoms with E-state index in [1.165, 1.54) is 24.2 Å². The fourth-order valence-electron chi connectivity index (χ4n) is 4.82. The largest absolute Gasteiger partial charge is 0.364 e. The van der Waals surface area contributed by atoms with Crippen LogP contribution in [-0.4, -0.2) is 42.3 Å². The Kier molecular flexibility index (Phi) is 6.23. The van der Waals surface area contributed by atoms with Gasteiger partial charge in [0.25, 0.3) is 5.91 Å². The predicted octanol–water partition coefficient (Wildman–Crippen LogP) is 2.11. The summed E-state index contributed by atoms with van der Waals surface area (Å²) < 4.78 is 8.00. The van der Waals surface area contributed by atoms with Crippen LogP contribution in [0.5, 0.6) is 0 Å². The molecule has 0 aromatic carbocycles. The van der Waals surface area contributed by atoms with Crippen molar-refractivity contribution in [3.8, 4) is 6.07 Å². The summed E-state index contributed by atoms with van der Waals surface area (Å²) in [5.74, 6) is 0.690. The predicted molar refractivity (Wildman–Crippen MR) is 105 cm³/mol. The van der Waals surface area contributed by atoms with Crippen molar-refractivity contribution in [2.75, 3.05) is 25.0 Å². The van der Waals surface area contributed by atoms with E-state index in [1.807, 2.05) is 6.92 Å². The number of anilines is 1. The molecule has 1 amide bonds. The number of aromatic nitrogens is 1. The average Bonchev–Trinajstić information content (AvgIpc) is 2.84. The molecule has 2 N–H and O–H groups in total. The van der Waals surface area contributed by atoms with E-state index in [0.29, 0.717) is 24.0 Å². The van der Waals surface area contributed by atoms with Crippen molar-refractivity contribution < 1.29 is 14.4 Å². The Bertz CT molecular complexity index is 718. The fourth-order valence-corrected chi connectivity index (χ4v) is 4.82. The zero-order valence-corrected chi connectivity index (χ0v) is 17.1. The third-order valence-corrected chi connectivity index (χ3v) is 6.09. The van der Waals surface area contributed by atoms with Crippen LogP contribution in [0.4, 0.5) is 5.82 Å². The molecule has 0 unspecified atom stereocenters. The highest BCUT2D eigenvalue weighted by atomic mass is 16.5. The zero-order chi connectivity index (χ0) is 19.6. The highest BCUT2D eigenvalue weighted by Gasteiger charge is 2.29. The van der Waals surface area contributed by atoms with E-state index in [0.717, 1.165) is 37.2 Å². The molecule has 2 aliphatic rings. The molecule has 6 heteroatoms. The van der Waals surface area contributed by atoms with Gasteiger partial charge in [0.1, 0.15) is 37.2 Å². The summed E-state index contributed by atoms with van der Waals surface area (Å²) in [6.45, 7) is 10.3. The number of ether oxygens (including phenoxy) is 1. The minimum atomic E-state index is -0.0163. The monoisotopic (exact) mass is 373 g/mol. The van der Waals surface area contributed by atoms with Gasteiger partial charge < -0.3 is 19.5 Å². The van der Waals surface area contributed by atoms with Crippen LogP contribution in [0, 0.1) is 25.2 Å². The molecule has 1 aromatic heterocycles. The van der Waals surface area contributed by atoms with Crippen molar-refractivity contribution in [1.82, 2.24) is 4.57 Å². The molecule has 2 heterocycles. The van der Waals surface area contributed by atoms with Crippen molar-refractivity contribution in [1.29, 1.82) is 5.26 Å². The number of morpholine rings is 1. The normalized spacial score (nSPS) is 26.6. The number of rotatable bonds is 4.